The standard InChI is InChI=1S/C15H25N5O2/c1-3-12-17-13-11(5-4-8-20(13)19-12)16-14(22)18-15(2,9-21)10-6-7-10/h10-11,21H,3-9H2,1-2H3,(H2,16,18,22). The van der Waals surface area contributed by atoms with E-state index in [9.17, 15) is 9.90 Å². The lowest BCUT2D eigenvalue weighted by atomic mass is 9.97. The lowest BCUT2D eigenvalue weighted by Crippen LogP contribution is -2.54. The lowest BCUT2D eigenvalue weighted by Gasteiger charge is -2.30. The molecule has 7 heteroatoms. The fraction of sp³-hybridized carbons (Fsp3) is 0.800. The van der Waals surface area contributed by atoms with Crippen LogP contribution in [0.4, 0.5) is 4.79 Å². The fourth-order valence-corrected chi connectivity index (χ4v) is 3.13. The number of carbonyl (C=O) groups excluding carboxylic acids is 1. The summed E-state index contributed by atoms with van der Waals surface area (Å²) in [6.07, 6.45) is 4.77. The molecule has 1 aliphatic carbocycles. The van der Waals surface area contributed by atoms with Crippen molar-refractivity contribution < 1.29 is 9.90 Å². The van der Waals surface area contributed by atoms with E-state index in [-0.39, 0.29) is 18.7 Å². The molecule has 1 aromatic rings. The Hall–Kier alpha value is -1.63. The number of aliphatic hydroxyl groups excluding tert-OH is 1. The first-order valence-corrected chi connectivity index (χ1v) is 8.19. The zero-order valence-corrected chi connectivity index (χ0v) is 13.3. The second kappa shape index (κ2) is 5.87. The third-order valence-corrected chi connectivity index (χ3v) is 4.75. The van der Waals surface area contributed by atoms with Crippen LogP contribution in [-0.4, -0.2) is 38.0 Å². The van der Waals surface area contributed by atoms with Crippen LogP contribution in [0.15, 0.2) is 0 Å². The molecule has 0 spiro atoms. The van der Waals surface area contributed by atoms with Crippen LogP contribution in [0, 0.1) is 5.92 Å². The van der Waals surface area contributed by atoms with E-state index in [1.165, 1.54) is 0 Å². The van der Waals surface area contributed by atoms with Gasteiger partial charge < -0.3 is 15.7 Å². The fourth-order valence-electron chi connectivity index (χ4n) is 3.13. The van der Waals surface area contributed by atoms with Gasteiger partial charge in [-0.3, -0.25) is 0 Å². The summed E-state index contributed by atoms with van der Waals surface area (Å²) in [5.41, 5.74) is -0.527. The number of hydrogen-bond acceptors (Lipinski definition) is 4. The van der Waals surface area contributed by atoms with Gasteiger partial charge in [0.25, 0.3) is 0 Å². The van der Waals surface area contributed by atoms with Gasteiger partial charge >= 0.3 is 6.03 Å². The van der Waals surface area contributed by atoms with Gasteiger partial charge in [-0.1, -0.05) is 6.92 Å². The Labute approximate surface area is 130 Å². The smallest absolute Gasteiger partial charge is 0.315 e. The number of hydrogen-bond donors (Lipinski definition) is 3. The topological polar surface area (TPSA) is 92.1 Å². The Morgan fingerprint density at radius 2 is 2.23 bits per heavy atom. The van der Waals surface area contributed by atoms with E-state index in [0.29, 0.717) is 5.92 Å². The van der Waals surface area contributed by atoms with Crippen LogP contribution in [0.5, 0.6) is 0 Å². The van der Waals surface area contributed by atoms with E-state index < -0.39 is 5.54 Å². The summed E-state index contributed by atoms with van der Waals surface area (Å²) in [5.74, 6) is 2.04. The molecule has 1 saturated carbocycles. The molecule has 2 heterocycles. The Morgan fingerprint density at radius 3 is 2.86 bits per heavy atom. The molecule has 1 fully saturated rings. The molecule has 1 aliphatic heterocycles. The largest absolute Gasteiger partial charge is 0.394 e. The first kappa shape index (κ1) is 15.3. The Bertz CT molecular complexity index is 554. The summed E-state index contributed by atoms with van der Waals surface area (Å²) < 4.78 is 1.90. The average Bonchev–Trinajstić information content (AvgIpc) is 3.27. The third-order valence-electron chi connectivity index (χ3n) is 4.75. The van der Waals surface area contributed by atoms with Gasteiger partial charge in [0.2, 0.25) is 0 Å². The first-order chi connectivity index (χ1) is 10.6. The number of carbonyl (C=O) groups is 1. The molecule has 2 atom stereocenters. The summed E-state index contributed by atoms with van der Waals surface area (Å²) in [5, 5.41) is 20.0. The Balaban J connectivity index is 1.66. The maximum atomic E-state index is 12.3. The van der Waals surface area contributed by atoms with Crippen LogP contribution in [0.25, 0.3) is 0 Å². The van der Waals surface area contributed by atoms with E-state index in [0.717, 1.165) is 50.3 Å². The van der Waals surface area contributed by atoms with E-state index in [1.807, 2.05) is 18.5 Å². The van der Waals surface area contributed by atoms with Crippen LogP contribution in [-0.2, 0) is 13.0 Å². The van der Waals surface area contributed by atoms with Crippen LogP contribution in [0.2, 0.25) is 0 Å². The summed E-state index contributed by atoms with van der Waals surface area (Å²) in [6.45, 7) is 4.76. The van der Waals surface area contributed by atoms with Crippen LogP contribution in [0.3, 0.4) is 0 Å². The minimum absolute atomic E-state index is 0.0358. The number of fused-ring (bicyclic) bond motifs is 1. The molecule has 7 nitrogen and oxygen atoms in total. The van der Waals surface area contributed by atoms with E-state index in [2.05, 4.69) is 20.7 Å². The van der Waals surface area contributed by atoms with Crippen molar-refractivity contribution in [3.63, 3.8) is 0 Å². The monoisotopic (exact) mass is 307 g/mol. The van der Waals surface area contributed by atoms with Crippen molar-refractivity contribution in [2.45, 2.75) is 64.1 Å². The average molecular weight is 307 g/mol. The van der Waals surface area contributed by atoms with Crippen molar-refractivity contribution in [2.75, 3.05) is 6.61 Å². The SMILES string of the molecule is CCc1nc2n(n1)CCCC2NC(=O)NC(C)(CO)C1CC1. The van der Waals surface area contributed by atoms with Crippen molar-refractivity contribution in [3.8, 4) is 0 Å². The molecule has 2 aliphatic rings. The Morgan fingerprint density at radius 1 is 1.45 bits per heavy atom. The van der Waals surface area contributed by atoms with Crippen molar-refractivity contribution in [1.82, 2.24) is 25.4 Å². The Kier molecular flexibility index (Phi) is 4.08. The number of nitrogens with zero attached hydrogens (tertiary/aromatic N) is 3. The number of aromatic nitrogens is 3. The number of amides is 2. The third kappa shape index (κ3) is 2.95. The summed E-state index contributed by atoms with van der Waals surface area (Å²) >= 11 is 0. The zero-order chi connectivity index (χ0) is 15.7. The van der Waals surface area contributed by atoms with Crippen molar-refractivity contribution >= 4 is 6.03 Å². The molecule has 0 saturated heterocycles. The van der Waals surface area contributed by atoms with Gasteiger partial charge in [-0.05, 0) is 38.5 Å². The summed E-state index contributed by atoms with van der Waals surface area (Å²) in [6, 6.07) is -0.341. The van der Waals surface area contributed by atoms with Gasteiger partial charge in [0.15, 0.2) is 5.82 Å². The predicted molar refractivity (Wildman–Crippen MR) is 81.3 cm³/mol. The number of nitrogens with one attached hydrogen (secondary N) is 2. The molecule has 22 heavy (non-hydrogen) atoms. The highest BCUT2D eigenvalue weighted by molar-refractivity contribution is 5.75. The highest BCUT2D eigenvalue weighted by atomic mass is 16.3. The van der Waals surface area contributed by atoms with Gasteiger partial charge in [0.1, 0.15) is 5.82 Å². The molecule has 1 aromatic heterocycles. The normalized spacial score (nSPS) is 23.5. The van der Waals surface area contributed by atoms with E-state index >= 15 is 0 Å². The highest BCUT2D eigenvalue weighted by Crippen LogP contribution is 2.39. The summed E-state index contributed by atoms with van der Waals surface area (Å²) in [4.78, 5) is 16.8. The molecule has 3 N–H and O–H groups in total. The molecule has 2 amide bonds. The minimum Gasteiger partial charge on any atom is -0.394 e. The number of aliphatic hydroxyl groups is 1. The van der Waals surface area contributed by atoms with Gasteiger partial charge in [0.05, 0.1) is 18.2 Å². The molecule has 0 radical (unpaired) electrons. The lowest BCUT2D eigenvalue weighted by molar-refractivity contribution is 0.153. The molecule has 2 unspecified atom stereocenters. The van der Waals surface area contributed by atoms with Crippen LogP contribution >= 0.6 is 0 Å². The highest BCUT2D eigenvalue weighted by Gasteiger charge is 2.42. The van der Waals surface area contributed by atoms with Crippen LogP contribution in [0.1, 0.15) is 57.2 Å². The molecular weight excluding hydrogens is 282 g/mol. The zero-order valence-electron chi connectivity index (χ0n) is 13.3. The molecule has 0 bridgehead atoms. The maximum Gasteiger partial charge on any atom is 0.315 e. The van der Waals surface area contributed by atoms with Crippen molar-refractivity contribution in [2.24, 2.45) is 5.92 Å². The number of aryl methyl sites for hydroxylation is 2. The maximum absolute atomic E-state index is 12.3. The van der Waals surface area contributed by atoms with Gasteiger partial charge in [-0.25, -0.2) is 14.5 Å². The second-order valence-corrected chi connectivity index (χ2v) is 6.61. The first-order valence-electron chi connectivity index (χ1n) is 8.19. The van der Waals surface area contributed by atoms with Gasteiger partial charge in [-0.15, -0.1) is 0 Å². The van der Waals surface area contributed by atoms with Gasteiger partial charge in [0, 0.05) is 13.0 Å². The molecule has 122 valence electrons. The van der Waals surface area contributed by atoms with E-state index in [4.69, 9.17) is 0 Å². The minimum atomic E-state index is -0.527. The second-order valence-electron chi connectivity index (χ2n) is 6.61. The molecular formula is C15H25N5O2. The molecule has 3 rings (SSSR count). The number of rotatable bonds is 5. The van der Waals surface area contributed by atoms with Crippen molar-refractivity contribution in [1.29, 1.82) is 0 Å². The summed E-state index contributed by atoms with van der Waals surface area (Å²) in [7, 11) is 0. The van der Waals surface area contributed by atoms with Crippen LogP contribution < -0.4 is 10.6 Å². The van der Waals surface area contributed by atoms with E-state index in [1.54, 1.807) is 0 Å². The number of urea groups is 1. The van der Waals surface area contributed by atoms with Gasteiger partial charge in [-0.2, -0.15) is 5.10 Å². The quantitative estimate of drug-likeness (QED) is 0.760. The predicted octanol–water partition coefficient (Wildman–Crippen LogP) is 1.14. The molecule has 0 aromatic carbocycles. The van der Waals surface area contributed by atoms with Crippen molar-refractivity contribution in [3.05, 3.63) is 11.6 Å².